The van der Waals surface area contributed by atoms with Crippen molar-refractivity contribution in [1.29, 1.82) is 0 Å². The molecular formula is C22H20N2O4. The van der Waals surface area contributed by atoms with Gasteiger partial charge in [0.2, 0.25) is 5.91 Å². The Bertz CT molecular complexity index is 1030. The smallest absolute Gasteiger partial charge is 0.224 e. The van der Waals surface area contributed by atoms with Crippen molar-refractivity contribution in [2.45, 2.75) is 19.3 Å². The number of benzene rings is 2. The van der Waals surface area contributed by atoms with Crippen LogP contribution in [0.2, 0.25) is 0 Å². The lowest BCUT2D eigenvalue weighted by Gasteiger charge is -2.10. The van der Waals surface area contributed by atoms with Gasteiger partial charge in [-0.05, 0) is 42.5 Å². The molecule has 142 valence electrons. The number of ketones is 1. The lowest BCUT2D eigenvalue weighted by atomic mass is 10.1. The topological polar surface area (TPSA) is 77.5 Å². The van der Waals surface area contributed by atoms with Crippen LogP contribution in [0.4, 0.5) is 5.69 Å². The molecule has 0 saturated carbocycles. The van der Waals surface area contributed by atoms with E-state index in [0.29, 0.717) is 36.0 Å². The van der Waals surface area contributed by atoms with Crippen molar-refractivity contribution < 1.29 is 19.1 Å². The number of ether oxygens (including phenoxy) is 2. The number of aromatic nitrogens is 1. The van der Waals surface area contributed by atoms with Gasteiger partial charge in [0.15, 0.2) is 17.3 Å². The predicted octanol–water partition coefficient (Wildman–Crippen LogP) is 4.00. The molecule has 1 aliphatic rings. The van der Waals surface area contributed by atoms with Gasteiger partial charge < -0.3 is 14.8 Å². The molecule has 1 amide bonds. The highest BCUT2D eigenvalue weighted by Gasteiger charge is 2.15. The van der Waals surface area contributed by atoms with Crippen molar-refractivity contribution in [3.05, 3.63) is 60.3 Å². The second kappa shape index (κ2) is 8.08. The number of amides is 1. The molecule has 0 atom stereocenters. The number of carbonyl (C=O) groups excluding carboxylic acids is 2. The Hall–Kier alpha value is -3.41. The van der Waals surface area contributed by atoms with Gasteiger partial charge in [-0.2, -0.15) is 0 Å². The van der Waals surface area contributed by atoms with Crippen LogP contribution in [0.5, 0.6) is 11.5 Å². The minimum Gasteiger partial charge on any atom is -0.490 e. The van der Waals surface area contributed by atoms with Gasteiger partial charge in [0.1, 0.15) is 0 Å². The zero-order valence-electron chi connectivity index (χ0n) is 15.3. The number of fused-ring (bicyclic) bond motifs is 2. The van der Waals surface area contributed by atoms with Gasteiger partial charge in [-0.1, -0.05) is 6.07 Å². The van der Waals surface area contributed by atoms with Gasteiger partial charge in [0.05, 0.1) is 24.4 Å². The van der Waals surface area contributed by atoms with Crippen molar-refractivity contribution >= 4 is 28.3 Å². The molecule has 1 N–H and O–H groups in total. The maximum Gasteiger partial charge on any atom is 0.224 e. The third-order valence-electron chi connectivity index (χ3n) is 4.57. The first kappa shape index (κ1) is 18.0. The summed E-state index contributed by atoms with van der Waals surface area (Å²) in [7, 11) is 0. The lowest BCUT2D eigenvalue weighted by molar-refractivity contribution is -0.116. The number of nitrogens with zero attached hydrogens (tertiary/aromatic N) is 1. The molecule has 0 spiro atoms. The quantitative estimate of drug-likeness (QED) is 0.681. The second-order valence-corrected chi connectivity index (χ2v) is 6.56. The van der Waals surface area contributed by atoms with E-state index in [1.807, 2.05) is 30.3 Å². The molecule has 2 heterocycles. The molecular weight excluding hydrogens is 356 g/mol. The minimum absolute atomic E-state index is 0.101. The molecule has 28 heavy (non-hydrogen) atoms. The Kier molecular flexibility index (Phi) is 5.19. The predicted molar refractivity (Wildman–Crippen MR) is 106 cm³/mol. The number of carbonyl (C=O) groups is 2. The Labute approximate surface area is 162 Å². The zero-order chi connectivity index (χ0) is 19.3. The summed E-state index contributed by atoms with van der Waals surface area (Å²) in [5, 5.41) is 3.74. The molecule has 0 saturated heterocycles. The molecule has 1 aliphatic heterocycles. The highest BCUT2D eigenvalue weighted by atomic mass is 16.5. The van der Waals surface area contributed by atoms with E-state index in [9.17, 15) is 9.59 Å². The summed E-state index contributed by atoms with van der Waals surface area (Å²) in [6.07, 6.45) is 2.74. The van der Waals surface area contributed by atoms with Gasteiger partial charge in [0, 0.05) is 36.4 Å². The summed E-state index contributed by atoms with van der Waals surface area (Å²) in [4.78, 5) is 29.1. The monoisotopic (exact) mass is 376 g/mol. The van der Waals surface area contributed by atoms with E-state index in [0.717, 1.165) is 17.3 Å². The highest BCUT2D eigenvalue weighted by molar-refractivity contribution is 6.03. The molecule has 6 nitrogen and oxygen atoms in total. The van der Waals surface area contributed by atoms with Gasteiger partial charge in [-0.3, -0.25) is 14.6 Å². The summed E-state index contributed by atoms with van der Waals surface area (Å²) in [5.74, 6) is 0.914. The van der Waals surface area contributed by atoms with Crippen molar-refractivity contribution in [3.63, 3.8) is 0 Å². The van der Waals surface area contributed by atoms with E-state index in [1.54, 1.807) is 24.4 Å². The number of pyridine rings is 1. The first-order valence-corrected chi connectivity index (χ1v) is 9.27. The fraction of sp³-hybridized carbons (Fsp3) is 0.227. The molecule has 2 aromatic carbocycles. The number of Topliss-reactive ketones (excluding diaryl/α,β-unsaturated/α-hetero) is 1. The van der Waals surface area contributed by atoms with Crippen LogP contribution in [0.3, 0.4) is 0 Å². The summed E-state index contributed by atoms with van der Waals surface area (Å²) in [5.41, 5.74) is 2.02. The van der Waals surface area contributed by atoms with Crippen LogP contribution in [0.1, 0.15) is 29.6 Å². The van der Waals surface area contributed by atoms with Gasteiger partial charge >= 0.3 is 0 Å². The highest BCUT2D eigenvalue weighted by Crippen LogP contribution is 2.31. The summed E-state index contributed by atoms with van der Waals surface area (Å²) >= 11 is 0. The van der Waals surface area contributed by atoms with Crippen LogP contribution in [-0.4, -0.2) is 29.9 Å². The van der Waals surface area contributed by atoms with Gasteiger partial charge in [-0.15, -0.1) is 0 Å². The standard InChI is InChI=1S/C22H20N2O4/c25-19(15-7-9-20-21(14-15)28-13-3-12-27-20)8-10-22(26)24-18-6-1-5-17-16(18)4-2-11-23-17/h1-2,4-7,9,11,14H,3,8,10,12-13H2,(H,24,26). The van der Waals surface area contributed by atoms with Gasteiger partial charge in [0.25, 0.3) is 0 Å². The van der Waals surface area contributed by atoms with Crippen LogP contribution in [0, 0.1) is 0 Å². The molecule has 1 aromatic heterocycles. The van der Waals surface area contributed by atoms with E-state index in [2.05, 4.69) is 10.3 Å². The van der Waals surface area contributed by atoms with Crippen LogP contribution in [0.25, 0.3) is 10.9 Å². The van der Waals surface area contributed by atoms with E-state index in [1.165, 1.54) is 0 Å². The molecule has 3 aromatic rings. The van der Waals surface area contributed by atoms with Crippen LogP contribution in [0.15, 0.2) is 54.7 Å². The number of hydrogen-bond donors (Lipinski definition) is 1. The third-order valence-corrected chi connectivity index (χ3v) is 4.57. The summed E-state index contributed by atoms with van der Waals surface area (Å²) < 4.78 is 11.2. The molecule has 0 bridgehead atoms. The number of hydrogen-bond acceptors (Lipinski definition) is 5. The van der Waals surface area contributed by atoms with Crippen LogP contribution in [-0.2, 0) is 4.79 Å². The average molecular weight is 376 g/mol. The molecule has 0 fully saturated rings. The lowest BCUT2D eigenvalue weighted by Crippen LogP contribution is -2.14. The van der Waals surface area contributed by atoms with E-state index in [-0.39, 0.29) is 24.5 Å². The Morgan fingerprint density at radius 1 is 0.964 bits per heavy atom. The molecule has 0 aliphatic carbocycles. The second-order valence-electron chi connectivity index (χ2n) is 6.56. The number of anilines is 1. The minimum atomic E-state index is -0.209. The summed E-state index contributed by atoms with van der Waals surface area (Å²) in [6, 6.07) is 14.4. The molecule has 0 radical (unpaired) electrons. The van der Waals surface area contributed by atoms with E-state index < -0.39 is 0 Å². The third kappa shape index (κ3) is 3.96. The Morgan fingerprint density at radius 2 is 1.82 bits per heavy atom. The zero-order valence-corrected chi connectivity index (χ0v) is 15.3. The largest absolute Gasteiger partial charge is 0.490 e. The fourth-order valence-corrected chi connectivity index (χ4v) is 3.13. The SMILES string of the molecule is O=C(CCC(=O)c1ccc2c(c1)OCCCO2)Nc1cccc2ncccc12. The summed E-state index contributed by atoms with van der Waals surface area (Å²) in [6.45, 7) is 1.16. The molecule has 0 unspecified atom stereocenters. The molecule has 4 rings (SSSR count). The Balaban J connectivity index is 1.39. The first-order valence-electron chi connectivity index (χ1n) is 9.27. The van der Waals surface area contributed by atoms with Gasteiger partial charge in [-0.25, -0.2) is 0 Å². The van der Waals surface area contributed by atoms with Crippen molar-refractivity contribution in [2.24, 2.45) is 0 Å². The maximum atomic E-state index is 12.5. The van der Waals surface area contributed by atoms with E-state index >= 15 is 0 Å². The number of rotatable bonds is 5. The maximum absolute atomic E-state index is 12.5. The van der Waals surface area contributed by atoms with Crippen molar-refractivity contribution in [1.82, 2.24) is 4.98 Å². The molecule has 6 heteroatoms. The Morgan fingerprint density at radius 3 is 2.71 bits per heavy atom. The number of nitrogens with one attached hydrogen (secondary N) is 1. The van der Waals surface area contributed by atoms with Crippen LogP contribution < -0.4 is 14.8 Å². The van der Waals surface area contributed by atoms with Crippen molar-refractivity contribution in [3.8, 4) is 11.5 Å². The van der Waals surface area contributed by atoms with Crippen molar-refractivity contribution in [2.75, 3.05) is 18.5 Å². The van der Waals surface area contributed by atoms with E-state index in [4.69, 9.17) is 9.47 Å². The fourth-order valence-electron chi connectivity index (χ4n) is 3.13. The average Bonchev–Trinajstić information content (AvgIpc) is 2.97. The first-order chi connectivity index (χ1) is 13.7. The van der Waals surface area contributed by atoms with Crippen LogP contribution >= 0.6 is 0 Å². The normalized spacial score (nSPS) is 13.0.